The summed E-state index contributed by atoms with van der Waals surface area (Å²) in [6.45, 7) is 2.31. The van der Waals surface area contributed by atoms with Gasteiger partial charge in [-0.25, -0.2) is 4.68 Å². The normalized spacial score (nSPS) is 10.7. The fraction of sp³-hybridized carbons (Fsp3) is 0.300. The van der Waals surface area contributed by atoms with Gasteiger partial charge in [0.2, 0.25) is 0 Å². The zero-order valence-electron chi connectivity index (χ0n) is 8.34. The zero-order valence-corrected chi connectivity index (χ0v) is 8.34. The molecule has 0 unspecified atom stereocenters. The number of aryl methyl sites for hydroxylation is 2. The van der Waals surface area contributed by atoms with Gasteiger partial charge in [-0.15, -0.1) is 5.10 Å². The van der Waals surface area contributed by atoms with Gasteiger partial charge in [0.25, 0.3) is 0 Å². The Morgan fingerprint density at radius 3 is 3.07 bits per heavy atom. The largest absolute Gasteiger partial charge is 0.481 e. The van der Waals surface area contributed by atoms with Gasteiger partial charge in [-0.3, -0.25) is 4.79 Å². The van der Waals surface area contributed by atoms with Crippen LogP contribution in [0.15, 0.2) is 18.2 Å². The Morgan fingerprint density at radius 1 is 1.53 bits per heavy atom. The van der Waals surface area contributed by atoms with E-state index >= 15 is 0 Å². The van der Waals surface area contributed by atoms with Crippen molar-refractivity contribution < 1.29 is 9.90 Å². The Balaban J connectivity index is 2.37. The number of fused-ring (bicyclic) bond motifs is 1. The van der Waals surface area contributed by atoms with Gasteiger partial charge in [0.1, 0.15) is 5.52 Å². The summed E-state index contributed by atoms with van der Waals surface area (Å²) in [5.74, 6) is -0.827. The highest BCUT2D eigenvalue weighted by Gasteiger charge is 2.07. The number of benzene rings is 1. The molecule has 0 fully saturated rings. The standard InChI is InChI=1S/C10H11N3O2/c1-7-3-2-4-8-10(7)11-12-13(8)6-5-9(14)15/h2-4H,5-6H2,1H3,(H,14,15). The molecule has 15 heavy (non-hydrogen) atoms. The molecular weight excluding hydrogens is 194 g/mol. The lowest BCUT2D eigenvalue weighted by molar-refractivity contribution is -0.137. The molecule has 0 bridgehead atoms. The molecule has 1 aromatic carbocycles. The van der Waals surface area contributed by atoms with Crippen molar-refractivity contribution in [2.75, 3.05) is 0 Å². The van der Waals surface area contributed by atoms with E-state index in [1.54, 1.807) is 4.68 Å². The van der Waals surface area contributed by atoms with E-state index in [-0.39, 0.29) is 6.42 Å². The van der Waals surface area contributed by atoms with Crippen molar-refractivity contribution in [1.29, 1.82) is 0 Å². The average Bonchev–Trinajstić information content (AvgIpc) is 2.59. The molecule has 2 aromatic rings. The van der Waals surface area contributed by atoms with Crippen molar-refractivity contribution >= 4 is 17.0 Å². The van der Waals surface area contributed by atoms with Gasteiger partial charge in [0.15, 0.2) is 0 Å². The molecule has 78 valence electrons. The van der Waals surface area contributed by atoms with Crippen molar-refractivity contribution in [1.82, 2.24) is 15.0 Å². The summed E-state index contributed by atoms with van der Waals surface area (Å²) in [5.41, 5.74) is 2.77. The Bertz CT molecular complexity index is 504. The van der Waals surface area contributed by atoms with Crippen LogP contribution in [0.25, 0.3) is 11.0 Å². The number of hydrogen-bond acceptors (Lipinski definition) is 3. The Morgan fingerprint density at radius 2 is 2.33 bits per heavy atom. The number of carbonyl (C=O) groups is 1. The molecule has 0 saturated carbocycles. The molecule has 0 amide bonds. The molecule has 0 atom stereocenters. The highest BCUT2D eigenvalue weighted by atomic mass is 16.4. The van der Waals surface area contributed by atoms with Gasteiger partial charge in [-0.05, 0) is 18.6 Å². The predicted molar refractivity (Wildman–Crippen MR) is 54.5 cm³/mol. The minimum absolute atomic E-state index is 0.0619. The second-order valence-corrected chi connectivity index (χ2v) is 3.40. The third-order valence-electron chi connectivity index (χ3n) is 2.28. The Labute approximate surface area is 86.3 Å². The summed E-state index contributed by atoms with van der Waals surface area (Å²) >= 11 is 0. The summed E-state index contributed by atoms with van der Waals surface area (Å²) in [5, 5.41) is 16.5. The maximum absolute atomic E-state index is 10.4. The lowest BCUT2D eigenvalue weighted by Crippen LogP contribution is -2.05. The Hall–Kier alpha value is -1.91. The summed E-state index contributed by atoms with van der Waals surface area (Å²) in [7, 11) is 0. The SMILES string of the molecule is Cc1cccc2c1nnn2CCC(=O)O. The van der Waals surface area contributed by atoms with E-state index in [0.29, 0.717) is 6.54 Å². The van der Waals surface area contributed by atoms with Crippen molar-refractivity contribution in [2.24, 2.45) is 0 Å². The van der Waals surface area contributed by atoms with Gasteiger partial charge < -0.3 is 5.11 Å². The minimum atomic E-state index is -0.827. The maximum atomic E-state index is 10.4. The first-order chi connectivity index (χ1) is 7.18. The van der Waals surface area contributed by atoms with Crippen LogP contribution in [0.5, 0.6) is 0 Å². The quantitative estimate of drug-likeness (QED) is 0.817. The third kappa shape index (κ3) is 1.81. The number of hydrogen-bond donors (Lipinski definition) is 1. The number of carboxylic acids is 1. The Kier molecular flexibility index (Phi) is 2.37. The van der Waals surface area contributed by atoms with Gasteiger partial charge in [0.05, 0.1) is 18.5 Å². The van der Waals surface area contributed by atoms with Crippen molar-refractivity contribution in [3.63, 3.8) is 0 Å². The highest BCUT2D eigenvalue weighted by Crippen LogP contribution is 2.14. The van der Waals surface area contributed by atoms with E-state index < -0.39 is 5.97 Å². The number of rotatable bonds is 3. The fourth-order valence-electron chi connectivity index (χ4n) is 1.50. The first-order valence-corrected chi connectivity index (χ1v) is 4.69. The molecule has 5 heteroatoms. The first-order valence-electron chi connectivity index (χ1n) is 4.69. The second kappa shape index (κ2) is 3.68. The topological polar surface area (TPSA) is 68.0 Å². The van der Waals surface area contributed by atoms with Crippen LogP contribution in [0.4, 0.5) is 0 Å². The average molecular weight is 205 g/mol. The minimum Gasteiger partial charge on any atom is -0.481 e. The molecule has 0 radical (unpaired) electrons. The summed E-state index contributed by atoms with van der Waals surface area (Å²) in [6.07, 6.45) is 0.0619. The first kappa shape index (κ1) is 9.64. The molecule has 0 saturated heterocycles. The van der Waals surface area contributed by atoms with Gasteiger partial charge >= 0.3 is 5.97 Å². The van der Waals surface area contributed by atoms with Gasteiger partial charge in [-0.1, -0.05) is 17.3 Å². The molecule has 0 aliphatic rings. The smallest absolute Gasteiger partial charge is 0.305 e. The second-order valence-electron chi connectivity index (χ2n) is 3.40. The number of aromatic nitrogens is 3. The van der Waals surface area contributed by atoms with E-state index in [4.69, 9.17) is 5.11 Å². The molecule has 1 heterocycles. The lowest BCUT2D eigenvalue weighted by atomic mass is 10.2. The molecule has 1 N–H and O–H groups in total. The summed E-state index contributed by atoms with van der Waals surface area (Å²) in [4.78, 5) is 10.4. The molecule has 0 spiro atoms. The third-order valence-corrected chi connectivity index (χ3v) is 2.28. The summed E-state index contributed by atoms with van der Waals surface area (Å²) in [6, 6.07) is 5.76. The van der Waals surface area contributed by atoms with Crippen molar-refractivity contribution in [3.8, 4) is 0 Å². The van der Waals surface area contributed by atoms with E-state index in [0.717, 1.165) is 16.6 Å². The van der Waals surface area contributed by atoms with Crippen LogP contribution >= 0.6 is 0 Å². The number of nitrogens with zero attached hydrogens (tertiary/aromatic N) is 3. The van der Waals surface area contributed by atoms with E-state index in [1.807, 2.05) is 25.1 Å². The van der Waals surface area contributed by atoms with E-state index in [1.165, 1.54) is 0 Å². The van der Waals surface area contributed by atoms with E-state index in [9.17, 15) is 4.79 Å². The monoisotopic (exact) mass is 205 g/mol. The van der Waals surface area contributed by atoms with Crippen LogP contribution in [0.3, 0.4) is 0 Å². The number of aliphatic carboxylic acids is 1. The molecule has 1 aromatic heterocycles. The van der Waals surface area contributed by atoms with Crippen LogP contribution in [-0.2, 0) is 11.3 Å². The molecule has 0 aliphatic carbocycles. The predicted octanol–water partition coefficient (Wildman–Crippen LogP) is 1.21. The van der Waals surface area contributed by atoms with Gasteiger partial charge in [-0.2, -0.15) is 0 Å². The van der Waals surface area contributed by atoms with Crippen LogP contribution in [0, 0.1) is 6.92 Å². The van der Waals surface area contributed by atoms with Gasteiger partial charge in [0, 0.05) is 0 Å². The molecule has 5 nitrogen and oxygen atoms in total. The van der Waals surface area contributed by atoms with E-state index in [2.05, 4.69) is 10.3 Å². The van der Waals surface area contributed by atoms with Crippen LogP contribution < -0.4 is 0 Å². The molecule has 0 aliphatic heterocycles. The molecule has 2 rings (SSSR count). The van der Waals surface area contributed by atoms with Crippen LogP contribution in [-0.4, -0.2) is 26.1 Å². The number of carboxylic acid groups (broad SMARTS) is 1. The van der Waals surface area contributed by atoms with Crippen molar-refractivity contribution in [3.05, 3.63) is 23.8 Å². The summed E-state index contributed by atoms with van der Waals surface area (Å²) < 4.78 is 1.62. The van der Waals surface area contributed by atoms with Crippen molar-refractivity contribution in [2.45, 2.75) is 19.9 Å². The maximum Gasteiger partial charge on any atom is 0.305 e. The zero-order chi connectivity index (χ0) is 10.8. The fourth-order valence-corrected chi connectivity index (χ4v) is 1.50. The van der Waals surface area contributed by atoms with Crippen LogP contribution in [0.1, 0.15) is 12.0 Å². The molecular formula is C10H11N3O2. The lowest BCUT2D eigenvalue weighted by Gasteiger charge is -1.99. The highest BCUT2D eigenvalue weighted by molar-refractivity contribution is 5.77. The van der Waals surface area contributed by atoms with Crippen LogP contribution in [0.2, 0.25) is 0 Å².